The highest BCUT2D eigenvalue weighted by molar-refractivity contribution is 8.00. The van der Waals surface area contributed by atoms with Crippen molar-refractivity contribution in [2.24, 2.45) is 0 Å². The Balaban J connectivity index is 1.48. The first-order valence-corrected chi connectivity index (χ1v) is 9.32. The van der Waals surface area contributed by atoms with E-state index in [-0.39, 0.29) is 12.7 Å². The Kier molecular flexibility index (Phi) is 5.02. The molecule has 1 atom stereocenters. The van der Waals surface area contributed by atoms with Crippen LogP contribution in [-0.2, 0) is 4.79 Å². The van der Waals surface area contributed by atoms with Crippen LogP contribution < -0.4 is 19.5 Å². The van der Waals surface area contributed by atoms with Crippen LogP contribution >= 0.6 is 11.8 Å². The SMILES string of the molecule is COc1ccccc1-n1nnnc1SC(C)C(=O)Nc1ccc2c(c1)OCO2. The number of benzene rings is 2. The van der Waals surface area contributed by atoms with Gasteiger partial charge < -0.3 is 19.5 Å². The van der Waals surface area contributed by atoms with Gasteiger partial charge in [0.2, 0.25) is 17.9 Å². The van der Waals surface area contributed by atoms with Crippen molar-refractivity contribution in [3.63, 3.8) is 0 Å². The summed E-state index contributed by atoms with van der Waals surface area (Å²) in [7, 11) is 1.58. The number of fused-ring (bicyclic) bond motifs is 1. The molecule has 1 aliphatic rings. The minimum absolute atomic E-state index is 0.182. The van der Waals surface area contributed by atoms with E-state index < -0.39 is 5.25 Å². The molecule has 0 saturated carbocycles. The number of anilines is 1. The predicted molar refractivity (Wildman–Crippen MR) is 102 cm³/mol. The molecule has 1 aromatic heterocycles. The fraction of sp³-hybridized carbons (Fsp3) is 0.222. The zero-order valence-corrected chi connectivity index (χ0v) is 16.0. The van der Waals surface area contributed by atoms with Gasteiger partial charge in [0, 0.05) is 11.8 Å². The Hall–Kier alpha value is -3.27. The van der Waals surface area contributed by atoms with Gasteiger partial charge in [-0.25, -0.2) is 0 Å². The largest absolute Gasteiger partial charge is 0.494 e. The number of ether oxygens (including phenoxy) is 3. The zero-order chi connectivity index (χ0) is 19.5. The molecule has 2 aromatic carbocycles. The molecule has 1 amide bonds. The van der Waals surface area contributed by atoms with Crippen LogP contribution in [0.25, 0.3) is 5.69 Å². The van der Waals surface area contributed by atoms with E-state index in [1.807, 2.05) is 24.3 Å². The lowest BCUT2D eigenvalue weighted by atomic mass is 10.2. The van der Waals surface area contributed by atoms with Gasteiger partial charge in [0.05, 0.1) is 12.4 Å². The second-order valence-corrected chi connectivity index (χ2v) is 7.17. The van der Waals surface area contributed by atoms with Crippen molar-refractivity contribution in [2.45, 2.75) is 17.3 Å². The maximum absolute atomic E-state index is 12.6. The van der Waals surface area contributed by atoms with E-state index in [1.165, 1.54) is 11.8 Å². The van der Waals surface area contributed by atoms with Crippen molar-refractivity contribution >= 4 is 23.4 Å². The number of para-hydroxylation sites is 2. The van der Waals surface area contributed by atoms with Gasteiger partial charge in [0.25, 0.3) is 0 Å². The molecule has 1 N–H and O–H groups in total. The number of nitrogens with one attached hydrogen (secondary N) is 1. The summed E-state index contributed by atoms with van der Waals surface area (Å²) in [4.78, 5) is 12.6. The Bertz CT molecular complexity index is 1010. The van der Waals surface area contributed by atoms with Crippen molar-refractivity contribution in [3.05, 3.63) is 42.5 Å². The topological polar surface area (TPSA) is 100 Å². The van der Waals surface area contributed by atoms with Crippen molar-refractivity contribution in [3.8, 4) is 22.9 Å². The third-order valence-corrected chi connectivity index (χ3v) is 5.08. The van der Waals surface area contributed by atoms with Crippen LogP contribution in [0.5, 0.6) is 17.2 Å². The molecule has 1 aliphatic heterocycles. The van der Waals surface area contributed by atoms with Crippen molar-refractivity contribution in [2.75, 3.05) is 19.2 Å². The summed E-state index contributed by atoms with van der Waals surface area (Å²) in [6.45, 7) is 1.97. The van der Waals surface area contributed by atoms with Crippen LogP contribution in [0.2, 0.25) is 0 Å². The second-order valence-electron chi connectivity index (χ2n) is 5.86. The molecule has 2 heterocycles. The summed E-state index contributed by atoms with van der Waals surface area (Å²) in [5, 5.41) is 14.7. The third-order valence-electron chi connectivity index (χ3n) is 4.05. The highest BCUT2D eigenvalue weighted by Gasteiger charge is 2.21. The minimum Gasteiger partial charge on any atom is -0.494 e. The molecule has 0 aliphatic carbocycles. The highest BCUT2D eigenvalue weighted by Crippen LogP contribution is 2.34. The molecule has 0 radical (unpaired) electrons. The summed E-state index contributed by atoms with van der Waals surface area (Å²) >= 11 is 1.25. The standard InChI is InChI=1S/C18H17N5O4S/c1-11(17(24)19-12-7-8-15-16(9-12)27-10-26-15)28-18-20-21-22-23(18)13-5-3-4-6-14(13)25-2/h3-9,11H,10H2,1-2H3,(H,19,24). The number of amides is 1. The van der Waals surface area contributed by atoms with Crippen molar-refractivity contribution in [1.29, 1.82) is 0 Å². The second kappa shape index (κ2) is 7.77. The molecule has 4 rings (SSSR count). The third kappa shape index (κ3) is 3.58. The number of rotatable bonds is 6. The van der Waals surface area contributed by atoms with E-state index in [0.29, 0.717) is 33.8 Å². The van der Waals surface area contributed by atoms with Gasteiger partial charge in [-0.1, -0.05) is 23.9 Å². The average molecular weight is 399 g/mol. The maximum atomic E-state index is 12.6. The molecule has 0 saturated heterocycles. The van der Waals surface area contributed by atoms with Crippen LogP contribution in [0.15, 0.2) is 47.6 Å². The average Bonchev–Trinajstić information content (AvgIpc) is 3.36. The molecule has 3 aromatic rings. The fourth-order valence-electron chi connectivity index (χ4n) is 2.64. The quantitative estimate of drug-likeness (QED) is 0.631. The molecule has 28 heavy (non-hydrogen) atoms. The summed E-state index contributed by atoms with van der Waals surface area (Å²) in [6, 6.07) is 12.7. The number of carbonyl (C=O) groups excluding carboxylic acids is 1. The van der Waals surface area contributed by atoms with Crippen molar-refractivity contribution < 1.29 is 19.0 Å². The molecular weight excluding hydrogens is 382 g/mol. The lowest BCUT2D eigenvalue weighted by molar-refractivity contribution is -0.115. The predicted octanol–water partition coefficient (Wildman–Crippen LogP) is 2.52. The van der Waals surface area contributed by atoms with Crippen LogP contribution in [0, 0.1) is 0 Å². The first-order chi connectivity index (χ1) is 13.7. The molecule has 0 fully saturated rings. The van der Waals surface area contributed by atoms with Gasteiger partial charge in [-0.2, -0.15) is 4.68 Å². The van der Waals surface area contributed by atoms with Gasteiger partial charge in [0.1, 0.15) is 11.4 Å². The van der Waals surface area contributed by atoms with Gasteiger partial charge in [-0.05, 0) is 41.6 Å². The number of hydrogen-bond acceptors (Lipinski definition) is 8. The van der Waals surface area contributed by atoms with E-state index in [2.05, 4.69) is 20.8 Å². The highest BCUT2D eigenvalue weighted by atomic mass is 32.2. The normalized spacial score (nSPS) is 13.2. The lowest BCUT2D eigenvalue weighted by Gasteiger charge is -2.13. The van der Waals surface area contributed by atoms with Crippen LogP contribution in [0.3, 0.4) is 0 Å². The maximum Gasteiger partial charge on any atom is 0.237 e. The van der Waals surface area contributed by atoms with Gasteiger partial charge in [-0.15, -0.1) is 5.10 Å². The minimum atomic E-state index is -0.440. The molecule has 10 heteroatoms. The van der Waals surface area contributed by atoms with E-state index >= 15 is 0 Å². The molecule has 144 valence electrons. The van der Waals surface area contributed by atoms with E-state index in [4.69, 9.17) is 14.2 Å². The molecule has 1 unspecified atom stereocenters. The van der Waals surface area contributed by atoms with Crippen LogP contribution in [0.1, 0.15) is 6.92 Å². The van der Waals surface area contributed by atoms with Crippen LogP contribution in [-0.4, -0.2) is 45.3 Å². The first kappa shape index (κ1) is 18.1. The Morgan fingerprint density at radius 1 is 1.25 bits per heavy atom. The molecule has 0 spiro atoms. The number of nitrogens with zero attached hydrogens (tertiary/aromatic N) is 4. The molecule has 0 bridgehead atoms. The van der Waals surface area contributed by atoms with Crippen molar-refractivity contribution in [1.82, 2.24) is 20.2 Å². The van der Waals surface area contributed by atoms with Gasteiger partial charge in [0.15, 0.2) is 11.5 Å². The first-order valence-electron chi connectivity index (χ1n) is 8.44. The van der Waals surface area contributed by atoms with Gasteiger partial charge >= 0.3 is 0 Å². The monoisotopic (exact) mass is 399 g/mol. The Morgan fingerprint density at radius 3 is 2.93 bits per heavy atom. The van der Waals surface area contributed by atoms with E-state index in [0.717, 1.165) is 0 Å². The van der Waals surface area contributed by atoms with E-state index in [1.54, 1.807) is 36.9 Å². The number of aromatic nitrogens is 4. The fourth-order valence-corrected chi connectivity index (χ4v) is 3.44. The number of thioether (sulfide) groups is 1. The lowest BCUT2D eigenvalue weighted by Crippen LogP contribution is -2.23. The van der Waals surface area contributed by atoms with Crippen LogP contribution in [0.4, 0.5) is 5.69 Å². The summed E-state index contributed by atoms with van der Waals surface area (Å²) in [5.41, 5.74) is 1.33. The number of hydrogen-bond donors (Lipinski definition) is 1. The zero-order valence-electron chi connectivity index (χ0n) is 15.2. The van der Waals surface area contributed by atoms with E-state index in [9.17, 15) is 4.79 Å². The van der Waals surface area contributed by atoms with Gasteiger partial charge in [-0.3, -0.25) is 4.79 Å². The number of carbonyl (C=O) groups is 1. The summed E-state index contributed by atoms with van der Waals surface area (Å²) in [6.07, 6.45) is 0. The number of methoxy groups -OCH3 is 1. The molecular formula is C18H17N5O4S. The smallest absolute Gasteiger partial charge is 0.237 e. The Morgan fingerprint density at radius 2 is 2.07 bits per heavy atom. The summed E-state index contributed by atoms with van der Waals surface area (Å²) in [5.74, 6) is 1.72. The number of tetrazole rings is 1. The molecule has 9 nitrogen and oxygen atoms in total. The summed E-state index contributed by atoms with van der Waals surface area (Å²) < 4.78 is 17.5. The Labute approximate surface area is 165 Å².